The van der Waals surface area contributed by atoms with Gasteiger partial charge in [-0.25, -0.2) is 0 Å². The summed E-state index contributed by atoms with van der Waals surface area (Å²) in [5.41, 5.74) is 0. The van der Waals surface area contributed by atoms with E-state index in [0.29, 0.717) is 0 Å². The molecule has 0 spiro atoms. The molecule has 0 radical (unpaired) electrons. The summed E-state index contributed by atoms with van der Waals surface area (Å²) in [5, 5.41) is 0. The van der Waals surface area contributed by atoms with Crippen LogP contribution in [0.1, 0.15) is 169 Å². The summed E-state index contributed by atoms with van der Waals surface area (Å²) in [6, 6.07) is 0. The maximum absolute atomic E-state index is 3.39. The lowest BCUT2D eigenvalue weighted by molar-refractivity contribution is 0.379. The molecule has 0 aliphatic heterocycles. The van der Waals surface area contributed by atoms with Gasteiger partial charge < -0.3 is 0 Å². The maximum atomic E-state index is 3.39. The molecule has 0 amide bonds. The van der Waals surface area contributed by atoms with Crippen LogP contribution in [0.2, 0.25) is 0 Å². The first kappa shape index (κ1) is 29.6. The second-order valence-electron chi connectivity index (χ2n) is 10.2. The van der Waals surface area contributed by atoms with Gasteiger partial charge in [0.1, 0.15) is 0 Å². The minimum Gasteiger partial charge on any atom is -0.103 e. The summed E-state index contributed by atoms with van der Waals surface area (Å²) in [7, 11) is 0. The summed E-state index contributed by atoms with van der Waals surface area (Å²) >= 11 is 0. The molecule has 0 nitrogen and oxygen atoms in total. The molecule has 0 heteroatoms. The van der Waals surface area contributed by atoms with Crippen molar-refractivity contribution in [3.63, 3.8) is 0 Å². The van der Waals surface area contributed by atoms with Crippen LogP contribution in [0.4, 0.5) is 0 Å². The first-order chi connectivity index (χ1) is 14.7. The Morgan fingerprint density at radius 2 is 0.733 bits per heavy atom. The van der Waals surface area contributed by atoms with Crippen LogP contribution in [0, 0.1) is 23.7 Å². The monoisotopic (exact) mass is 418 g/mol. The molecule has 0 bridgehead atoms. The normalized spacial score (nSPS) is 13.1. The molecule has 0 aromatic heterocycles. The second kappa shape index (κ2) is 24.8. The van der Waals surface area contributed by atoms with E-state index in [1.54, 1.807) is 0 Å². The minimum absolute atomic E-state index is 0.905. The lowest BCUT2D eigenvalue weighted by Crippen LogP contribution is -2.01. The van der Waals surface area contributed by atoms with Crippen molar-refractivity contribution in [2.75, 3.05) is 0 Å². The molecule has 2 unspecified atom stereocenters. The van der Waals surface area contributed by atoms with Gasteiger partial charge in [-0.05, 0) is 24.7 Å². The van der Waals surface area contributed by atoms with Crippen LogP contribution < -0.4 is 0 Å². The third-order valence-electron chi connectivity index (χ3n) is 6.73. The van der Waals surface area contributed by atoms with E-state index in [1.165, 1.54) is 128 Å². The topological polar surface area (TPSA) is 0 Å². The van der Waals surface area contributed by atoms with Gasteiger partial charge in [-0.2, -0.15) is 0 Å². The van der Waals surface area contributed by atoms with Gasteiger partial charge in [0.15, 0.2) is 0 Å². The molecule has 178 valence electrons. The SMILES string of the molecule is CCCCCCC#CCCCCC(C)CCC(C)CCCCCCCCCCCC. The largest absolute Gasteiger partial charge is 0.103 e. The van der Waals surface area contributed by atoms with Crippen molar-refractivity contribution in [1.29, 1.82) is 0 Å². The van der Waals surface area contributed by atoms with E-state index in [-0.39, 0.29) is 0 Å². The second-order valence-corrected chi connectivity index (χ2v) is 10.2. The molecule has 30 heavy (non-hydrogen) atoms. The van der Waals surface area contributed by atoms with E-state index >= 15 is 0 Å². The van der Waals surface area contributed by atoms with Gasteiger partial charge in [0.25, 0.3) is 0 Å². The van der Waals surface area contributed by atoms with E-state index < -0.39 is 0 Å². The summed E-state index contributed by atoms with van der Waals surface area (Å²) in [6.45, 7) is 9.52. The van der Waals surface area contributed by atoms with Gasteiger partial charge in [-0.1, -0.05) is 143 Å². The van der Waals surface area contributed by atoms with Crippen molar-refractivity contribution in [2.45, 2.75) is 169 Å². The molecule has 0 heterocycles. The first-order valence-electron chi connectivity index (χ1n) is 14.2. The highest BCUT2D eigenvalue weighted by Gasteiger charge is 2.07. The highest BCUT2D eigenvalue weighted by molar-refractivity contribution is 4.98. The molecular weight excluding hydrogens is 360 g/mol. The molecule has 0 N–H and O–H groups in total. The molecular formula is C30H58. The Morgan fingerprint density at radius 1 is 0.400 bits per heavy atom. The highest BCUT2D eigenvalue weighted by atomic mass is 14.1. The summed E-state index contributed by atoms with van der Waals surface area (Å²) in [6.07, 6.45) is 30.6. The zero-order valence-corrected chi connectivity index (χ0v) is 21.7. The molecule has 0 saturated carbocycles. The molecule has 0 rings (SSSR count). The Balaban J connectivity index is 3.37. The van der Waals surface area contributed by atoms with Gasteiger partial charge in [0, 0.05) is 12.8 Å². The van der Waals surface area contributed by atoms with Crippen LogP contribution in [0.3, 0.4) is 0 Å². The van der Waals surface area contributed by atoms with E-state index in [1.807, 2.05) is 0 Å². The van der Waals surface area contributed by atoms with Crippen LogP contribution in [0.5, 0.6) is 0 Å². The Morgan fingerprint density at radius 3 is 1.20 bits per heavy atom. The number of unbranched alkanes of at least 4 members (excludes halogenated alkanes) is 15. The van der Waals surface area contributed by atoms with Crippen LogP contribution >= 0.6 is 0 Å². The van der Waals surface area contributed by atoms with Crippen molar-refractivity contribution in [3.8, 4) is 11.8 Å². The first-order valence-corrected chi connectivity index (χ1v) is 14.2. The van der Waals surface area contributed by atoms with Gasteiger partial charge >= 0.3 is 0 Å². The molecule has 0 fully saturated rings. The summed E-state index contributed by atoms with van der Waals surface area (Å²) in [5.74, 6) is 8.59. The Bertz CT molecular complexity index is 371. The van der Waals surface area contributed by atoms with Gasteiger partial charge in [-0.3, -0.25) is 0 Å². The predicted molar refractivity (Wildman–Crippen MR) is 139 cm³/mol. The Kier molecular flexibility index (Phi) is 24.5. The minimum atomic E-state index is 0.905. The fourth-order valence-corrected chi connectivity index (χ4v) is 4.36. The standard InChI is InChI=1S/C30H58/c1-5-7-9-11-13-15-17-19-21-23-25-29(3)27-28-30(4)26-24-22-20-18-16-14-12-10-8-6-2/h29-30H,5-15,17,19-28H2,1-4H3. The van der Waals surface area contributed by atoms with Gasteiger partial charge in [-0.15, -0.1) is 11.8 Å². The zero-order valence-electron chi connectivity index (χ0n) is 21.7. The lowest BCUT2D eigenvalue weighted by Gasteiger charge is -2.15. The average Bonchev–Trinajstić information content (AvgIpc) is 2.75. The zero-order chi connectivity index (χ0) is 22.1. The maximum Gasteiger partial charge on any atom is 0.00886 e. The van der Waals surface area contributed by atoms with Crippen molar-refractivity contribution in [3.05, 3.63) is 0 Å². The number of hydrogen-bond donors (Lipinski definition) is 0. The van der Waals surface area contributed by atoms with E-state index in [2.05, 4.69) is 39.5 Å². The van der Waals surface area contributed by atoms with Gasteiger partial charge in [0.05, 0.1) is 0 Å². The Labute approximate surface area is 192 Å². The number of hydrogen-bond acceptors (Lipinski definition) is 0. The third kappa shape index (κ3) is 23.8. The van der Waals surface area contributed by atoms with E-state index in [0.717, 1.165) is 24.7 Å². The Hall–Kier alpha value is -0.440. The van der Waals surface area contributed by atoms with Crippen molar-refractivity contribution in [1.82, 2.24) is 0 Å². The van der Waals surface area contributed by atoms with Crippen molar-refractivity contribution >= 4 is 0 Å². The molecule has 0 aliphatic carbocycles. The predicted octanol–water partition coefficient (Wildman–Crippen LogP) is 10.9. The van der Waals surface area contributed by atoms with Crippen LogP contribution in [0.25, 0.3) is 0 Å². The fraction of sp³-hybridized carbons (Fsp3) is 0.933. The quantitative estimate of drug-likeness (QED) is 0.121. The molecule has 2 atom stereocenters. The molecule has 0 aromatic rings. The number of rotatable bonds is 22. The smallest absolute Gasteiger partial charge is 0.00886 e. The average molecular weight is 419 g/mol. The van der Waals surface area contributed by atoms with Crippen molar-refractivity contribution in [2.24, 2.45) is 11.8 Å². The molecule has 0 aromatic carbocycles. The summed E-state index contributed by atoms with van der Waals surface area (Å²) < 4.78 is 0. The van der Waals surface area contributed by atoms with Crippen LogP contribution in [-0.2, 0) is 0 Å². The van der Waals surface area contributed by atoms with Crippen molar-refractivity contribution < 1.29 is 0 Å². The molecule has 0 saturated heterocycles. The van der Waals surface area contributed by atoms with E-state index in [4.69, 9.17) is 0 Å². The third-order valence-corrected chi connectivity index (χ3v) is 6.73. The van der Waals surface area contributed by atoms with Gasteiger partial charge in [0.2, 0.25) is 0 Å². The van der Waals surface area contributed by atoms with Crippen LogP contribution in [-0.4, -0.2) is 0 Å². The van der Waals surface area contributed by atoms with Crippen LogP contribution in [0.15, 0.2) is 0 Å². The van der Waals surface area contributed by atoms with E-state index in [9.17, 15) is 0 Å². The summed E-state index contributed by atoms with van der Waals surface area (Å²) in [4.78, 5) is 0. The molecule has 0 aliphatic rings. The fourth-order valence-electron chi connectivity index (χ4n) is 4.36. The lowest BCUT2D eigenvalue weighted by atomic mass is 9.91. The highest BCUT2D eigenvalue weighted by Crippen LogP contribution is 2.22.